The fourth-order valence-electron chi connectivity index (χ4n) is 17.6. The Kier molecular flexibility index (Phi) is 21.5. The van der Waals surface area contributed by atoms with E-state index >= 15 is 0 Å². The quantitative estimate of drug-likeness (QED) is 0.0572. The van der Waals surface area contributed by atoms with E-state index in [0.29, 0.717) is 38.5 Å². The first-order chi connectivity index (χ1) is 41.2. The van der Waals surface area contributed by atoms with Crippen LogP contribution in [0.2, 0.25) is 0 Å². The molecule has 19 N–H and O–H groups in total. The molecule has 5 heterocycles. The van der Waals surface area contributed by atoms with Crippen molar-refractivity contribution >= 4 is 0 Å². The summed E-state index contributed by atoms with van der Waals surface area (Å²) in [7, 11) is 0. The SMILES string of the molecule is C[C@@H](CC[C@@]1(O)O[C@@H]2C[C@@H]3[C@@H](CC[C@@H]4[C@@H]3C[C@H](O)[C@@]3(C)[C@@H](O[C@@H]5O[C@H](CO)[C@H](O[C@@H]6C[C@H](CO)[C@@H](O)[C@H](O[C@@H]7O[C@H](CO)[C@@H](O)[C@H](O)[C@H]7O)[C@H]6O[C@@H]6O[C@H](CO)[C@@H](O)[C@H](O)[C@H]6O)[C@H](O)[C@H]5O)CCC[C@]43C)[C@@H]2[C@@H]1C)CO[C@@H]1O[C@H](CO)[C@@H](O)[C@H](O)[C@H]1O. The van der Waals surface area contributed by atoms with Crippen LogP contribution in [0.5, 0.6) is 0 Å². The third-order valence-electron chi connectivity index (χ3n) is 23.0. The monoisotopic (exact) mass is 1260 g/mol. The zero-order valence-electron chi connectivity index (χ0n) is 49.6. The lowest BCUT2D eigenvalue weighted by Gasteiger charge is -2.67. The highest BCUT2D eigenvalue weighted by Gasteiger charge is 2.70. The van der Waals surface area contributed by atoms with Gasteiger partial charge >= 0.3 is 0 Å². The zero-order chi connectivity index (χ0) is 63.1. The van der Waals surface area contributed by atoms with Gasteiger partial charge in [0.1, 0.15) is 110 Å². The zero-order valence-corrected chi connectivity index (χ0v) is 49.6. The highest BCUT2D eigenvalue weighted by atomic mass is 16.8. The molecular formula is C58H98O29. The highest BCUT2D eigenvalue weighted by molar-refractivity contribution is 5.17. The number of aliphatic hydroxyl groups is 19. The van der Waals surface area contributed by atoms with E-state index in [0.717, 1.165) is 19.3 Å². The van der Waals surface area contributed by atoms with Crippen molar-refractivity contribution < 1.29 is 144 Å². The average Bonchev–Trinajstić information content (AvgIpc) is 1.80. The number of aliphatic hydroxyl groups excluding tert-OH is 18. The van der Waals surface area contributed by atoms with Gasteiger partial charge in [0.25, 0.3) is 0 Å². The Morgan fingerprint density at radius 1 is 0.506 bits per heavy atom. The molecule has 0 bridgehead atoms. The molecule has 5 saturated heterocycles. The van der Waals surface area contributed by atoms with Crippen molar-refractivity contribution in [1.29, 1.82) is 0 Å². The van der Waals surface area contributed by atoms with Gasteiger partial charge in [-0.05, 0) is 92.3 Å². The lowest BCUT2D eigenvalue weighted by atomic mass is 9.40. The maximum Gasteiger partial charge on any atom is 0.187 e. The molecule has 0 amide bonds. The molecule has 0 radical (unpaired) electrons. The minimum absolute atomic E-state index is 0.0684. The molecule has 0 aromatic heterocycles. The van der Waals surface area contributed by atoms with Gasteiger partial charge < -0.3 is 144 Å². The molecule has 0 aromatic rings. The maximum absolute atomic E-state index is 12.6. The van der Waals surface area contributed by atoms with Crippen molar-refractivity contribution in [2.24, 2.45) is 58.2 Å². The van der Waals surface area contributed by atoms with E-state index in [2.05, 4.69) is 6.92 Å². The summed E-state index contributed by atoms with van der Waals surface area (Å²) in [6.45, 7) is 4.37. The van der Waals surface area contributed by atoms with Crippen LogP contribution in [0.25, 0.3) is 0 Å². The standard InChI is InChI=1S/C58H98O29/c1-21(20-78-52-45(73)41(69)38(66)30(16-60)80-52)9-11-58(77)22(2)36-24-7-8-27-26(25(24)13-28(36)87-58)14-34(64)57(4)35(6-5-10-56(27,57)3)84-53-48(76)44(72)49(33(19-63)83-53)79-29-12-23(15-59)37(65)51(86-55-47(75)43(71)40(68)32(18-62)82-55)50(29)85-54-46(74)42(70)39(67)31(17-61)81-54/h21-55,59-77H,5-20H2,1-4H3/t21-,22-,23+,24+,25+,26+,27+,28+,29+,30+,31+,32+,33+,34-,35-,36-,37+,38+,39+,40+,41-,42-,43-,44+,45+,46+,47+,48+,49-,50-,51-,52+,53-,54-,55-,56+,57-,58+/m0/s1. The van der Waals surface area contributed by atoms with Crippen molar-refractivity contribution in [1.82, 2.24) is 0 Å². The average molecular weight is 1260 g/mol. The number of hydrogen-bond acceptors (Lipinski definition) is 29. The molecule has 0 spiro atoms. The molecular weight excluding hydrogens is 1160 g/mol. The largest absolute Gasteiger partial charge is 0.396 e. The third-order valence-corrected chi connectivity index (χ3v) is 23.0. The predicted molar refractivity (Wildman–Crippen MR) is 289 cm³/mol. The van der Waals surface area contributed by atoms with E-state index in [1.54, 1.807) is 0 Å². The fourth-order valence-corrected chi connectivity index (χ4v) is 17.6. The van der Waals surface area contributed by atoms with Crippen LogP contribution in [0.3, 0.4) is 0 Å². The van der Waals surface area contributed by atoms with E-state index in [1.165, 1.54) is 0 Å². The minimum atomic E-state index is -2.03. The molecule has 0 aromatic carbocycles. The lowest BCUT2D eigenvalue weighted by Crippen LogP contribution is -2.68. The molecule has 10 aliphatic rings. The summed E-state index contributed by atoms with van der Waals surface area (Å²) in [5.74, 6) is -2.17. The summed E-state index contributed by atoms with van der Waals surface area (Å²) in [5.41, 5.74) is -1.41. The van der Waals surface area contributed by atoms with Gasteiger partial charge in [0, 0.05) is 30.3 Å². The second kappa shape index (κ2) is 27.3. The van der Waals surface area contributed by atoms with Crippen LogP contribution in [0.4, 0.5) is 0 Å². The topological polar surface area (TPSA) is 477 Å². The van der Waals surface area contributed by atoms with Gasteiger partial charge in [-0.25, -0.2) is 0 Å². The Labute approximate surface area is 504 Å². The van der Waals surface area contributed by atoms with Crippen LogP contribution < -0.4 is 0 Å². The Morgan fingerprint density at radius 2 is 1.03 bits per heavy atom. The van der Waals surface area contributed by atoms with Crippen LogP contribution in [0.15, 0.2) is 0 Å². The van der Waals surface area contributed by atoms with Gasteiger partial charge in [-0.2, -0.15) is 0 Å². The summed E-state index contributed by atoms with van der Waals surface area (Å²) in [6, 6.07) is 0. The van der Waals surface area contributed by atoms with Crippen molar-refractivity contribution in [3.63, 3.8) is 0 Å². The summed E-state index contributed by atoms with van der Waals surface area (Å²) in [5, 5.41) is 207. The van der Waals surface area contributed by atoms with E-state index in [1.807, 2.05) is 20.8 Å². The second-order valence-electron chi connectivity index (χ2n) is 27.5. The van der Waals surface area contributed by atoms with Gasteiger partial charge in [-0.15, -0.1) is 0 Å². The van der Waals surface area contributed by atoms with Gasteiger partial charge in [0.2, 0.25) is 0 Å². The molecule has 0 unspecified atom stereocenters. The third kappa shape index (κ3) is 12.3. The van der Waals surface area contributed by atoms with E-state index in [4.69, 9.17) is 47.4 Å². The van der Waals surface area contributed by atoms with Crippen LogP contribution in [0, 0.1) is 58.2 Å². The molecule has 87 heavy (non-hydrogen) atoms. The van der Waals surface area contributed by atoms with E-state index in [9.17, 15) is 97.0 Å². The van der Waals surface area contributed by atoms with Crippen LogP contribution in [0.1, 0.15) is 91.9 Å². The Balaban J connectivity index is 0.808. The molecule has 10 rings (SSSR count). The summed E-state index contributed by atoms with van der Waals surface area (Å²) in [6.07, 6.45) is -37.4. The number of rotatable bonds is 19. The Bertz CT molecular complexity index is 2220. The highest BCUT2D eigenvalue weighted by Crippen LogP contribution is 2.70. The molecule has 5 saturated carbocycles. The normalized spacial score (nSPS) is 55.6. The second-order valence-corrected chi connectivity index (χ2v) is 27.5. The van der Waals surface area contributed by atoms with E-state index < -0.39 is 215 Å². The maximum atomic E-state index is 12.6. The summed E-state index contributed by atoms with van der Waals surface area (Å²) >= 11 is 0. The van der Waals surface area contributed by atoms with Crippen molar-refractivity contribution in [3.8, 4) is 0 Å². The van der Waals surface area contributed by atoms with Gasteiger partial charge in [0.15, 0.2) is 30.9 Å². The summed E-state index contributed by atoms with van der Waals surface area (Å²) < 4.78 is 61.0. The number of ether oxygens (including phenoxy) is 10. The van der Waals surface area contributed by atoms with E-state index in [-0.39, 0.29) is 60.6 Å². The lowest BCUT2D eigenvalue weighted by molar-refractivity contribution is -0.374. The van der Waals surface area contributed by atoms with Crippen LogP contribution in [-0.4, -0.2) is 308 Å². The fraction of sp³-hybridized carbons (Fsp3) is 1.00. The number of fused-ring (bicyclic) bond motifs is 7. The first-order valence-electron chi connectivity index (χ1n) is 31.4. The first-order valence-corrected chi connectivity index (χ1v) is 31.4. The Hall–Kier alpha value is -1.16. The van der Waals surface area contributed by atoms with Crippen LogP contribution >= 0.6 is 0 Å². The molecule has 29 nitrogen and oxygen atoms in total. The first kappa shape index (κ1) is 68.7. The van der Waals surface area contributed by atoms with Crippen molar-refractivity contribution in [2.75, 3.05) is 39.6 Å². The van der Waals surface area contributed by atoms with Crippen molar-refractivity contribution in [2.45, 2.75) is 263 Å². The molecule has 38 atom stereocenters. The predicted octanol–water partition coefficient (Wildman–Crippen LogP) is -6.50. The smallest absolute Gasteiger partial charge is 0.187 e. The molecule has 5 aliphatic carbocycles. The van der Waals surface area contributed by atoms with Gasteiger partial charge in [0.05, 0.1) is 63.6 Å². The molecule has 29 heteroatoms. The van der Waals surface area contributed by atoms with Gasteiger partial charge in [-0.3, -0.25) is 0 Å². The molecule has 504 valence electrons. The van der Waals surface area contributed by atoms with Crippen LogP contribution in [-0.2, 0) is 47.4 Å². The van der Waals surface area contributed by atoms with Crippen molar-refractivity contribution in [3.05, 3.63) is 0 Å². The minimum Gasteiger partial charge on any atom is -0.396 e. The Morgan fingerprint density at radius 3 is 1.61 bits per heavy atom. The summed E-state index contributed by atoms with van der Waals surface area (Å²) in [4.78, 5) is 0. The van der Waals surface area contributed by atoms with Gasteiger partial charge in [-0.1, -0.05) is 34.1 Å². The molecule has 10 fully saturated rings. The number of hydrogen-bond donors (Lipinski definition) is 19. The molecule has 5 aliphatic heterocycles.